The summed E-state index contributed by atoms with van der Waals surface area (Å²) in [4.78, 5) is 23.0. The molecule has 0 spiro atoms. The molecule has 5 nitrogen and oxygen atoms in total. The molecule has 0 saturated heterocycles. The van der Waals surface area contributed by atoms with E-state index >= 15 is 0 Å². The van der Waals surface area contributed by atoms with Gasteiger partial charge in [0, 0.05) is 11.3 Å². The van der Waals surface area contributed by atoms with Crippen molar-refractivity contribution in [3.63, 3.8) is 0 Å². The molecule has 1 aliphatic rings. The van der Waals surface area contributed by atoms with Crippen LogP contribution in [-0.2, 0) is 4.79 Å². The van der Waals surface area contributed by atoms with E-state index in [-0.39, 0.29) is 18.0 Å². The fraction of sp³-hybridized carbons (Fsp3) is 0.846. The average Bonchev–Trinajstić information content (AvgIpc) is 2.82. The highest BCUT2D eigenvalue weighted by atomic mass is 32.2. The van der Waals surface area contributed by atoms with Crippen molar-refractivity contribution in [2.75, 3.05) is 6.26 Å². The van der Waals surface area contributed by atoms with Crippen molar-refractivity contribution in [1.29, 1.82) is 0 Å². The summed E-state index contributed by atoms with van der Waals surface area (Å²) in [6.07, 6.45) is 5.85. The topological polar surface area (TPSA) is 78.4 Å². The standard InChI is InChI=1S/C13H24N2O3S/c1-4-8(2)11(12(16)17)15-13(18)14-9-5-6-10(7-9)19-3/h8-11H,4-7H2,1-3H3,(H,16,17)(H2,14,15,18)/t8-,9?,10?,11-/m0/s1. The summed E-state index contributed by atoms with van der Waals surface area (Å²) >= 11 is 1.82. The number of nitrogens with one attached hydrogen (secondary N) is 2. The number of hydrogen-bond acceptors (Lipinski definition) is 3. The fourth-order valence-electron chi connectivity index (χ4n) is 2.34. The molecule has 0 aromatic rings. The first-order valence-corrected chi connectivity index (χ1v) is 8.09. The maximum atomic E-state index is 11.8. The molecule has 19 heavy (non-hydrogen) atoms. The Balaban J connectivity index is 2.43. The van der Waals surface area contributed by atoms with Gasteiger partial charge in [-0.1, -0.05) is 20.3 Å². The van der Waals surface area contributed by atoms with Crippen LogP contribution in [0.5, 0.6) is 0 Å². The number of aliphatic carboxylic acids is 1. The summed E-state index contributed by atoms with van der Waals surface area (Å²) in [6.45, 7) is 3.75. The minimum Gasteiger partial charge on any atom is -0.480 e. The van der Waals surface area contributed by atoms with Gasteiger partial charge in [0.2, 0.25) is 0 Å². The number of carbonyl (C=O) groups excluding carboxylic acids is 1. The van der Waals surface area contributed by atoms with E-state index in [9.17, 15) is 9.59 Å². The molecule has 1 aliphatic carbocycles. The smallest absolute Gasteiger partial charge is 0.326 e. The van der Waals surface area contributed by atoms with Gasteiger partial charge in [-0.3, -0.25) is 0 Å². The van der Waals surface area contributed by atoms with E-state index in [0.29, 0.717) is 5.25 Å². The molecule has 0 aromatic carbocycles. The number of urea groups is 1. The molecule has 0 radical (unpaired) electrons. The molecule has 2 amide bonds. The van der Waals surface area contributed by atoms with Crippen LogP contribution in [0.3, 0.4) is 0 Å². The van der Waals surface area contributed by atoms with E-state index in [1.54, 1.807) is 0 Å². The molecule has 2 unspecified atom stereocenters. The van der Waals surface area contributed by atoms with Gasteiger partial charge in [-0.05, 0) is 31.4 Å². The van der Waals surface area contributed by atoms with Gasteiger partial charge >= 0.3 is 12.0 Å². The molecule has 6 heteroatoms. The van der Waals surface area contributed by atoms with Crippen LogP contribution in [0.4, 0.5) is 4.79 Å². The third kappa shape index (κ3) is 4.93. The Morgan fingerprint density at radius 3 is 2.58 bits per heavy atom. The number of hydrogen-bond donors (Lipinski definition) is 3. The van der Waals surface area contributed by atoms with Crippen LogP contribution >= 0.6 is 11.8 Å². The van der Waals surface area contributed by atoms with Gasteiger partial charge in [0.05, 0.1) is 0 Å². The molecule has 1 fully saturated rings. The van der Waals surface area contributed by atoms with Crippen molar-refractivity contribution in [1.82, 2.24) is 10.6 Å². The van der Waals surface area contributed by atoms with Crippen molar-refractivity contribution in [3.05, 3.63) is 0 Å². The highest BCUT2D eigenvalue weighted by molar-refractivity contribution is 7.99. The number of carbonyl (C=O) groups is 2. The second-order valence-electron chi connectivity index (χ2n) is 5.19. The zero-order valence-electron chi connectivity index (χ0n) is 11.8. The molecular weight excluding hydrogens is 264 g/mol. The highest BCUT2D eigenvalue weighted by Gasteiger charge is 2.28. The fourth-order valence-corrected chi connectivity index (χ4v) is 3.13. The minimum atomic E-state index is -0.974. The lowest BCUT2D eigenvalue weighted by atomic mass is 9.99. The monoisotopic (exact) mass is 288 g/mol. The third-order valence-electron chi connectivity index (χ3n) is 3.82. The van der Waals surface area contributed by atoms with E-state index in [2.05, 4.69) is 16.9 Å². The molecule has 0 aliphatic heterocycles. The van der Waals surface area contributed by atoms with Crippen LogP contribution in [0.1, 0.15) is 39.5 Å². The molecule has 4 atom stereocenters. The van der Waals surface area contributed by atoms with Crippen LogP contribution in [0.15, 0.2) is 0 Å². The van der Waals surface area contributed by atoms with Gasteiger partial charge in [0.15, 0.2) is 0 Å². The molecule has 0 bridgehead atoms. The lowest BCUT2D eigenvalue weighted by Crippen LogP contribution is -2.51. The molecule has 0 aromatic heterocycles. The summed E-state index contributed by atoms with van der Waals surface area (Å²) in [6, 6.07) is -1.01. The lowest BCUT2D eigenvalue weighted by molar-refractivity contribution is -0.140. The second-order valence-corrected chi connectivity index (χ2v) is 6.32. The van der Waals surface area contributed by atoms with Gasteiger partial charge in [-0.25, -0.2) is 9.59 Å². The average molecular weight is 288 g/mol. The van der Waals surface area contributed by atoms with E-state index in [4.69, 9.17) is 5.11 Å². The SMILES string of the molecule is CC[C@H](C)[C@H](NC(=O)NC1CCC(SC)C1)C(=O)O. The Morgan fingerprint density at radius 2 is 2.11 bits per heavy atom. The predicted octanol–water partition coefficient (Wildman–Crippen LogP) is 2.07. The molecule has 1 rings (SSSR count). The van der Waals surface area contributed by atoms with Crippen LogP contribution in [0, 0.1) is 5.92 Å². The normalized spacial score (nSPS) is 25.6. The summed E-state index contributed by atoms with van der Waals surface area (Å²) in [5.74, 6) is -1.05. The zero-order chi connectivity index (χ0) is 14.4. The number of carboxylic acids is 1. The maximum absolute atomic E-state index is 11.8. The maximum Gasteiger partial charge on any atom is 0.326 e. The first kappa shape index (κ1) is 16.1. The number of thioether (sulfide) groups is 1. The molecule has 3 N–H and O–H groups in total. The summed E-state index contributed by atoms with van der Waals surface area (Å²) in [5.41, 5.74) is 0. The predicted molar refractivity (Wildman–Crippen MR) is 77.5 cm³/mol. The number of carboxylic acid groups (broad SMARTS) is 1. The summed E-state index contributed by atoms with van der Waals surface area (Å²) in [5, 5.41) is 15.2. The van der Waals surface area contributed by atoms with Crippen molar-refractivity contribution in [2.24, 2.45) is 5.92 Å². The number of rotatable bonds is 6. The molecule has 110 valence electrons. The third-order valence-corrected chi connectivity index (χ3v) is 4.91. The van der Waals surface area contributed by atoms with Gasteiger partial charge < -0.3 is 15.7 Å². The van der Waals surface area contributed by atoms with Crippen LogP contribution in [0.25, 0.3) is 0 Å². The van der Waals surface area contributed by atoms with Gasteiger partial charge in [0.25, 0.3) is 0 Å². The van der Waals surface area contributed by atoms with Crippen LogP contribution in [-0.4, -0.2) is 40.7 Å². The Kier molecular flexibility index (Phi) is 6.48. The van der Waals surface area contributed by atoms with E-state index in [0.717, 1.165) is 25.7 Å². The quantitative estimate of drug-likeness (QED) is 0.699. The van der Waals surface area contributed by atoms with E-state index < -0.39 is 12.0 Å². The Hall–Kier alpha value is -0.910. The van der Waals surface area contributed by atoms with Gasteiger partial charge in [-0.2, -0.15) is 11.8 Å². The van der Waals surface area contributed by atoms with Crippen LogP contribution in [0.2, 0.25) is 0 Å². The van der Waals surface area contributed by atoms with Gasteiger partial charge in [-0.15, -0.1) is 0 Å². The summed E-state index contributed by atoms with van der Waals surface area (Å²) < 4.78 is 0. The first-order valence-electron chi connectivity index (χ1n) is 6.80. The van der Waals surface area contributed by atoms with Crippen LogP contribution < -0.4 is 10.6 Å². The Labute approximate surface area is 118 Å². The van der Waals surface area contributed by atoms with Crippen molar-refractivity contribution in [3.8, 4) is 0 Å². The van der Waals surface area contributed by atoms with Gasteiger partial charge in [0.1, 0.15) is 6.04 Å². The Morgan fingerprint density at radius 1 is 1.42 bits per heavy atom. The van der Waals surface area contributed by atoms with E-state index in [1.165, 1.54) is 0 Å². The van der Waals surface area contributed by atoms with E-state index in [1.807, 2.05) is 25.6 Å². The zero-order valence-corrected chi connectivity index (χ0v) is 12.6. The number of amides is 2. The molecule has 1 saturated carbocycles. The Bertz CT molecular complexity index is 325. The lowest BCUT2D eigenvalue weighted by Gasteiger charge is -2.22. The van der Waals surface area contributed by atoms with Crippen molar-refractivity contribution < 1.29 is 14.7 Å². The highest BCUT2D eigenvalue weighted by Crippen LogP contribution is 2.28. The second kappa shape index (κ2) is 7.62. The molecule has 0 heterocycles. The van der Waals surface area contributed by atoms with Crippen molar-refractivity contribution >= 4 is 23.8 Å². The van der Waals surface area contributed by atoms with Crippen molar-refractivity contribution in [2.45, 2.75) is 56.9 Å². The molecular formula is C13H24N2O3S. The minimum absolute atomic E-state index is 0.0780. The summed E-state index contributed by atoms with van der Waals surface area (Å²) in [7, 11) is 0. The largest absolute Gasteiger partial charge is 0.480 e. The first-order chi connectivity index (χ1) is 8.97.